The lowest BCUT2D eigenvalue weighted by Crippen LogP contribution is -2.53. The SMILES string of the molecule is CCC(C)NC(=O)CCNC(=O)C1(CC)CCCN1.Cl. The van der Waals surface area contributed by atoms with Crippen LogP contribution in [0.2, 0.25) is 0 Å². The van der Waals surface area contributed by atoms with E-state index in [4.69, 9.17) is 0 Å². The Kier molecular flexibility index (Phi) is 8.81. The molecule has 1 aliphatic heterocycles. The van der Waals surface area contributed by atoms with Crippen LogP contribution in [0.5, 0.6) is 0 Å². The molecule has 6 heteroatoms. The summed E-state index contributed by atoms with van der Waals surface area (Å²) in [7, 11) is 0. The third-order valence-electron chi connectivity index (χ3n) is 3.94. The van der Waals surface area contributed by atoms with Gasteiger partial charge in [0.15, 0.2) is 0 Å². The molecule has 3 N–H and O–H groups in total. The number of carbonyl (C=O) groups is 2. The lowest BCUT2D eigenvalue weighted by atomic mass is 9.93. The summed E-state index contributed by atoms with van der Waals surface area (Å²) in [5.41, 5.74) is -0.410. The van der Waals surface area contributed by atoms with Gasteiger partial charge in [0.05, 0.1) is 5.54 Å². The summed E-state index contributed by atoms with van der Waals surface area (Å²) in [5.74, 6) is 0.0309. The number of rotatable bonds is 7. The maximum atomic E-state index is 12.2. The summed E-state index contributed by atoms with van der Waals surface area (Å²) < 4.78 is 0. The van der Waals surface area contributed by atoms with E-state index in [-0.39, 0.29) is 30.3 Å². The average Bonchev–Trinajstić information content (AvgIpc) is 2.88. The Morgan fingerprint density at radius 1 is 1.35 bits per heavy atom. The van der Waals surface area contributed by atoms with Gasteiger partial charge >= 0.3 is 0 Å². The van der Waals surface area contributed by atoms with E-state index in [1.54, 1.807) is 0 Å². The van der Waals surface area contributed by atoms with Gasteiger partial charge in [-0.15, -0.1) is 12.4 Å². The Bertz CT molecular complexity index is 318. The highest BCUT2D eigenvalue weighted by Gasteiger charge is 2.38. The van der Waals surface area contributed by atoms with Crippen molar-refractivity contribution in [3.63, 3.8) is 0 Å². The molecule has 1 heterocycles. The molecule has 0 spiro atoms. The Morgan fingerprint density at radius 3 is 2.55 bits per heavy atom. The first-order valence-corrected chi connectivity index (χ1v) is 7.36. The first-order valence-electron chi connectivity index (χ1n) is 7.36. The Hall–Kier alpha value is -0.810. The summed E-state index contributed by atoms with van der Waals surface area (Å²) in [5, 5.41) is 9.05. The van der Waals surface area contributed by atoms with Gasteiger partial charge in [-0.05, 0) is 39.2 Å². The number of amides is 2. The fraction of sp³-hybridized carbons (Fsp3) is 0.857. The molecule has 5 nitrogen and oxygen atoms in total. The van der Waals surface area contributed by atoms with Gasteiger partial charge in [0.2, 0.25) is 11.8 Å². The number of nitrogens with one attached hydrogen (secondary N) is 3. The molecule has 20 heavy (non-hydrogen) atoms. The van der Waals surface area contributed by atoms with E-state index in [2.05, 4.69) is 16.0 Å². The van der Waals surface area contributed by atoms with Gasteiger partial charge in [-0.2, -0.15) is 0 Å². The number of hydrogen-bond acceptors (Lipinski definition) is 3. The largest absolute Gasteiger partial charge is 0.354 e. The van der Waals surface area contributed by atoms with E-state index < -0.39 is 5.54 Å². The molecule has 0 aromatic rings. The highest BCUT2D eigenvalue weighted by molar-refractivity contribution is 5.87. The second-order valence-electron chi connectivity index (χ2n) is 5.35. The Balaban J connectivity index is 0.00000361. The summed E-state index contributed by atoms with van der Waals surface area (Å²) in [6.07, 6.45) is 3.97. The number of halogens is 1. The topological polar surface area (TPSA) is 70.2 Å². The number of hydrogen-bond donors (Lipinski definition) is 3. The zero-order valence-corrected chi connectivity index (χ0v) is 13.6. The first kappa shape index (κ1) is 19.2. The molecule has 0 aromatic carbocycles. The molecule has 1 saturated heterocycles. The first-order chi connectivity index (χ1) is 9.04. The highest BCUT2D eigenvalue weighted by atomic mass is 35.5. The molecule has 0 aliphatic carbocycles. The third-order valence-corrected chi connectivity index (χ3v) is 3.94. The van der Waals surface area contributed by atoms with Gasteiger partial charge < -0.3 is 16.0 Å². The average molecular weight is 306 g/mol. The maximum Gasteiger partial charge on any atom is 0.240 e. The van der Waals surface area contributed by atoms with Crippen molar-refractivity contribution in [2.75, 3.05) is 13.1 Å². The highest BCUT2D eigenvalue weighted by Crippen LogP contribution is 2.22. The monoisotopic (exact) mass is 305 g/mol. The quantitative estimate of drug-likeness (QED) is 0.665. The number of carbonyl (C=O) groups excluding carboxylic acids is 2. The standard InChI is InChI=1S/C14H27N3O2.ClH/c1-4-11(3)17-12(18)7-10-15-13(19)14(5-2)8-6-9-16-14;/h11,16H,4-10H2,1-3H3,(H,15,19)(H,17,18);1H. The summed E-state index contributed by atoms with van der Waals surface area (Å²) in [6.45, 7) is 7.34. The second kappa shape index (κ2) is 9.19. The lowest BCUT2D eigenvalue weighted by Gasteiger charge is -2.26. The van der Waals surface area contributed by atoms with Crippen LogP contribution in [0.4, 0.5) is 0 Å². The van der Waals surface area contributed by atoms with Crippen molar-refractivity contribution in [2.24, 2.45) is 0 Å². The van der Waals surface area contributed by atoms with Crippen LogP contribution in [0, 0.1) is 0 Å². The predicted octanol–water partition coefficient (Wildman–Crippen LogP) is 1.36. The molecule has 0 radical (unpaired) electrons. The van der Waals surface area contributed by atoms with Crippen molar-refractivity contribution in [1.82, 2.24) is 16.0 Å². The van der Waals surface area contributed by atoms with Crippen molar-refractivity contribution in [1.29, 1.82) is 0 Å². The lowest BCUT2D eigenvalue weighted by molar-refractivity contribution is -0.127. The molecule has 0 aromatic heterocycles. The van der Waals surface area contributed by atoms with E-state index in [1.807, 2.05) is 20.8 Å². The molecule has 2 amide bonds. The van der Waals surface area contributed by atoms with Crippen LogP contribution in [0.1, 0.15) is 52.9 Å². The van der Waals surface area contributed by atoms with Gasteiger partial charge in [-0.3, -0.25) is 9.59 Å². The summed E-state index contributed by atoms with van der Waals surface area (Å²) in [4.78, 5) is 23.7. The third kappa shape index (κ3) is 5.29. The van der Waals surface area contributed by atoms with Gasteiger partial charge in [-0.25, -0.2) is 0 Å². The molecule has 1 rings (SSSR count). The molecular formula is C14H28ClN3O2. The molecule has 1 fully saturated rings. The van der Waals surface area contributed by atoms with Crippen LogP contribution in [0.15, 0.2) is 0 Å². The molecule has 2 unspecified atom stereocenters. The van der Waals surface area contributed by atoms with E-state index in [9.17, 15) is 9.59 Å². The minimum absolute atomic E-state index is 0. The van der Waals surface area contributed by atoms with Gasteiger partial charge in [0.1, 0.15) is 0 Å². The maximum absolute atomic E-state index is 12.2. The van der Waals surface area contributed by atoms with Crippen molar-refractivity contribution < 1.29 is 9.59 Å². The van der Waals surface area contributed by atoms with Crippen LogP contribution in [0.3, 0.4) is 0 Å². The molecule has 118 valence electrons. The van der Waals surface area contributed by atoms with Crippen LogP contribution in [-0.4, -0.2) is 36.5 Å². The minimum atomic E-state index is -0.410. The molecular weight excluding hydrogens is 278 g/mol. The minimum Gasteiger partial charge on any atom is -0.354 e. The summed E-state index contributed by atoms with van der Waals surface area (Å²) in [6, 6.07) is 0.196. The van der Waals surface area contributed by atoms with Gasteiger partial charge in [0, 0.05) is 19.0 Å². The van der Waals surface area contributed by atoms with Crippen LogP contribution < -0.4 is 16.0 Å². The normalized spacial score (nSPS) is 22.8. The fourth-order valence-corrected chi connectivity index (χ4v) is 2.37. The smallest absolute Gasteiger partial charge is 0.240 e. The molecule has 2 atom stereocenters. The van der Waals surface area contributed by atoms with Crippen molar-refractivity contribution in [3.8, 4) is 0 Å². The predicted molar refractivity (Wildman–Crippen MR) is 83.0 cm³/mol. The van der Waals surface area contributed by atoms with Crippen molar-refractivity contribution in [2.45, 2.75) is 64.5 Å². The van der Waals surface area contributed by atoms with Crippen LogP contribution >= 0.6 is 12.4 Å². The van der Waals surface area contributed by atoms with Crippen molar-refractivity contribution in [3.05, 3.63) is 0 Å². The zero-order chi connectivity index (χ0) is 14.3. The van der Waals surface area contributed by atoms with E-state index in [1.165, 1.54) is 0 Å². The Morgan fingerprint density at radius 2 is 2.05 bits per heavy atom. The zero-order valence-electron chi connectivity index (χ0n) is 12.8. The van der Waals surface area contributed by atoms with Crippen molar-refractivity contribution >= 4 is 24.2 Å². The van der Waals surface area contributed by atoms with Crippen LogP contribution in [0.25, 0.3) is 0 Å². The van der Waals surface area contributed by atoms with Gasteiger partial charge in [-0.1, -0.05) is 13.8 Å². The molecule has 0 bridgehead atoms. The summed E-state index contributed by atoms with van der Waals surface area (Å²) >= 11 is 0. The fourth-order valence-electron chi connectivity index (χ4n) is 2.37. The van der Waals surface area contributed by atoms with E-state index in [0.717, 1.165) is 32.2 Å². The van der Waals surface area contributed by atoms with Crippen LogP contribution in [-0.2, 0) is 9.59 Å². The van der Waals surface area contributed by atoms with E-state index >= 15 is 0 Å². The Labute approximate surface area is 128 Å². The van der Waals surface area contributed by atoms with E-state index in [0.29, 0.717) is 13.0 Å². The molecule has 0 saturated carbocycles. The second-order valence-corrected chi connectivity index (χ2v) is 5.35. The van der Waals surface area contributed by atoms with Gasteiger partial charge in [0.25, 0.3) is 0 Å². The molecule has 1 aliphatic rings.